The second-order valence-electron chi connectivity index (χ2n) is 4.13. The van der Waals surface area contributed by atoms with Crippen LogP contribution in [0.5, 0.6) is 0 Å². The molecule has 5 heteroatoms. The summed E-state index contributed by atoms with van der Waals surface area (Å²) in [6.45, 7) is 2.49. The summed E-state index contributed by atoms with van der Waals surface area (Å²) in [5, 5.41) is 3.00. The van der Waals surface area contributed by atoms with E-state index in [-0.39, 0.29) is 11.9 Å². The Morgan fingerprint density at radius 1 is 1.28 bits per heavy atom. The fourth-order valence-electron chi connectivity index (χ4n) is 1.51. The van der Waals surface area contributed by atoms with Crippen molar-refractivity contribution >= 4 is 5.95 Å². The van der Waals surface area contributed by atoms with Gasteiger partial charge < -0.3 is 11.1 Å². The first kappa shape index (κ1) is 12.4. The van der Waals surface area contributed by atoms with Crippen LogP contribution in [-0.2, 0) is 0 Å². The van der Waals surface area contributed by atoms with E-state index in [1.807, 2.05) is 6.92 Å². The molecule has 18 heavy (non-hydrogen) atoms. The summed E-state index contributed by atoms with van der Waals surface area (Å²) < 4.78 is 13.5. The lowest BCUT2D eigenvalue weighted by molar-refractivity contribution is 0.631. The number of hydrogen-bond acceptors (Lipinski definition) is 4. The lowest BCUT2D eigenvalue weighted by Crippen LogP contribution is -2.25. The monoisotopic (exact) mass is 246 g/mol. The average molecular weight is 246 g/mol. The Hall–Kier alpha value is -2.01. The molecule has 0 bridgehead atoms. The van der Waals surface area contributed by atoms with Crippen molar-refractivity contribution in [2.24, 2.45) is 5.73 Å². The van der Waals surface area contributed by atoms with E-state index in [1.165, 1.54) is 6.07 Å². The van der Waals surface area contributed by atoms with E-state index in [0.29, 0.717) is 23.6 Å². The summed E-state index contributed by atoms with van der Waals surface area (Å²) in [7, 11) is 0. The van der Waals surface area contributed by atoms with Crippen molar-refractivity contribution in [3.8, 4) is 11.1 Å². The van der Waals surface area contributed by atoms with Gasteiger partial charge >= 0.3 is 0 Å². The molecule has 1 atom stereocenters. The molecule has 0 saturated heterocycles. The number of hydrogen-bond donors (Lipinski definition) is 2. The van der Waals surface area contributed by atoms with Gasteiger partial charge in [-0.15, -0.1) is 0 Å². The number of nitrogens with two attached hydrogens (primary N) is 1. The van der Waals surface area contributed by atoms with Crippen molar-refractivity contribution in [1.82, 2.24) is 9.97 Å². The lowest BCUT2D eigenvalue weighted by atomic mass is 10.1. The van der Waals surface area contributed by atoms with Gasteiger partial charge in [-0.2, -0.15) is 0 Å². The minimum Gasteiger partial charge on any atom is -0.353 e. The van der Waals surface area contributed by atoms with Gasteiger partial charge in [0.05, 0.1) is 0 Å². The van der Waals surface area contributed by atoms with E-state index >= 15 is 0 Å². The number of nitrogens with one attached hydrogen (secondary N) is 1. The first-order valence-electron chi connectivity index (χ1n) is 5.73. The molecular weight excluding hydrogens is 231 g/mol. The molecule has 0 saturated carbocycles. The number of nitrogens with zero attached hydrogens (tertiary/aromatic N) is 2. The van der Waals surface area contributed by atoms with Gasteiger partial charge in [0, 0.05) is 36.1 Å². The molecule has 0 fully saturated rings. The largest absolute Gasteiger partial charge is 0.353 e. The average Bonchev–Trinajstić information content (AvgIpc) is 2.38. The van der Waals surface area contributed by atoms with Gasteiger partial charge in [-0.3, -0.25) is 0 Å². The van der Waals surface area contributed by atoms with Crippen LogP contribution in [0, 0.1) is 5.82 Å². The van der Waals surface area contributed by atoms with Crippen molar-refractivity contribution in [1.29, 1.82) is 0 Å². The van der Waals surface area contributed by atoms with Gasteiger partial charge in [-0.05, 0) is 13.0 Å². The molecule has 1 aromatic heterocycles. The number of aromatic nitrogens is 2. The van der Waals surface area contributed by atoms with Crippen molar-refractivity contribution in [2.45, 2.75) is 13.0 Å². The molecule has 0 aliphatic carbocycles. The summed E-state index contributed by atoms with van der Waals surface area (Å²) >= 11 is 0. The van der Waals surface area contributed by atoms with E-state index < -0.39 is 0 Å². The van der Waals surface area contributed by atoms with Crippen molar-refractivity contribution < 1.29 is 4.39 Å². The zero-order valence-corrected chi connectivity index (χ0v) is 10.1. The highest BCUT2D eigenvalue weighted by molar-refractivity contribution is 5.62. The highest BCUT2D eigenvalue weighted by Crippen LogP contribution is 2.21. The zero-order chi connectivity index (χ0) is 13.0. The quantitative estimate of drug-likeness (QED) is 0.866. The Morgan fingerprint density at radius 2 is 1.94 bits per heavy atom. The maximum atomic E-state index is 13.5. The van der Waals surface area contributed by atoms with Crippen LogP contribution in [-0.4, -0.2) is 22.6 Å². The molecule has 94 valence electrons. The summed E-state index contributed by atoms with van der Waals surface area (Å²) in [6, 6.07) is 6.57. The zero-order valence-electron chi connectivity index (χ0n) is 10.1. The Bertz CT molecular complexity index is 511. The van der Waals surface area contributed by atoms with Crippen molar-refractivity contribution in [2.75, 3.05) is 11.9 Å². The number of halogens is 1. The maximum absolute atomic E-state index is 13.5. The van der Waals surface area contributed by atoms with Crippen LogP contribution in [0.4, 0.5) is 10.3 Å². The SMILES string of the molecule is CC(N)CNc1ncc(-c2ccccc2F)cn1. The van der Waals surface area contributed by atoms with Crippen LogP contribution < -0.4 is 11.1 Å². The summed E-state index contributed by atoms with van der Waals surface area (Å²) in [4.78, 5) is 8.25. The first-order valence-corrected chi connectivity index (χ1v) is 5.73. The molecule has 0 aliphatic rings. The second-order valence-corrected chi connectivity index (χ2v) is 4.13. The predicted octanol–water partition coefficient (Wildman–Crippen LogP) is 2.04. The van der Waals surface area contributed by atoms with Gasteiger partial charge in [0.15, 0.2) is 0 Å². The van der Waals surface area contributed by atoms with E-state index in [9.17, 15) is 4.39 Å². The van der Waals surface area contributed by atoms with E-state index in [0.717, 1.165) is 0 Å². The van der Waals surface area contributed by atoms with E-state index in [1.54, 1.807) is 30.6 Å². The highest BCUT2D eigenvalue weighted by Gasteiger charge is 2.05. The van der Waals surface area contributed by atoms with Crippen LogP contribution >= 0.6 is 0 Å². The molecule has 2 aromatic rings. The minimum absolute atomic E-state index is 0.0276. The number of anilines is 1. The molecular formula is C13H15FN4. The maximum Gasteiger partial charge on any atom is 0.222 e. The molecule has 0 amide bonds. The van der Waals surface area contributed by atoms with Crippen LogP contribution in [0.15, 0.2) is 36.7 Å². The van der Waals surface area contributed by atoms with Crippen LogP contribution in [0.3, 0.4) is 0 Å². The molecule has 2 rings (SSSR count). The van der Waals surface area contributed by atoms with Crippen molar-refractivity contribution in [3.63, 3.8) is 0 Å². The smallest absolute Gasteiger partial charge is 0.222 e. The third-order valence-electron chi connectivity index (χ3n) is 2.42. The molecule has 1 unspecified atom stereocenters. The molecule has 0 spiro atoms. The van der Waals surface area contributed by atoms with Crippen LogP contribution in [0.2, 0.25) is 0 Å². The Kier molecular flexibility index (Phi) is 3.84. The Balaban J connectivity index is 2.15. The normalized spacial score (nSPS) is 12.2. The van der Waals surface area contributed by atoms with Crippen LogP contribution in [0.25, 0.3) is 11.1 Å². The molecule has 1 aromatic carbocycles. The Morgan fingerprint density at radius 3 is 2.56 bits per heavy atom. The first-order chi connectivity index (χ1) is 8.66. The van der Waals surface area contributed by atoms with Gasteiger partial charge in [-0.25, -0.2) is 14.4 Å². The second kappa shape index (κ2) is 5.55. The fourth-order valence-corrected chi connectivity index (χ4v) is 1.51. The van der Waals surface area contributed by atoms with Gasteiger partial charge in [0.25, 0.3) is 0 Å². The molecule has 3 N–H and O–H groups in total. The summed E-state index contributed by atoms with van der Waals surface area (Å²) in [5.74, 6) is 0.213. The lowest BCUT2D eigenvalue weighted by Gasteiger charge is -2.08. The topological polar surface area (TPSA) is 63.8 Å². The van der Waals surface area contributed by atoms with Gasteiger partial charge in [0.1, 0.15) is 5.82 Å². The van der Waals surface area contributed by atoms with Gasteiger partial charge in [0.2, 0.25) is 5.95 Å². The molecule has 0 aliphatic heterocycles. The summed E-state index contributed by atoms with van der Waals surface area (Å²) in [5.41, 5.74) is 6.76. The summed E-state index contributed by atoms with van der Waals surface area (Å²) in [6.07, 6.45) is 3.18. The fraction of sp³-hybridized carbons (Fsp3) is 0.231. The molecule has 0 radical (unpaired) electrons. The van der Waals surface area contributed by atoms with E-state index in [2.05, 4.69) is 15.3 Å². The van der Waals surface area contributed by atoms with Gasteiger partial charge in [-0.1, -0.05) is 18.2 Å². The van der Waals surface area contributed by atoms with Crippen molar-refractivity contribution in [3.05, 3.63) is 42.5 Å². The van der Waals surface area contributed by atoms with E-state index in [4.69, 9.17) is 5.73 Å². The minimum atomic E-state index is -0.280. The third-order valence-corrected chi connectivity index (χ3v) is 2.42. The third kappa shape index (κ3) is 3.01. The molecule has 1 heterocycles. The highest BCUT2D eigenvalue weighted by atomic mass is 19.1. The standard InChI is InChI=1S/C13H15FN4/c1-9(15)6-16-13-17-7-10(8-18-13)11-4-2-3-5-12(11)14/h2-5,7-9H,6,15H2,1H3,(H,16,17,18). The number of benzene rings is 1. The number of rotatable bonds is 4. The molecule has 4 nitrogen and oxygen atoms in total. The Labute approximate surface area is 105 Å². The van der Waals surface area contributed by atoms with Crippen LogP contribution in [0.1, 0.15) is 6.92 Å². The predicted molar refractivity (Wildman–Crippen MR) is 69.6 cm³/mol.